The molecule has 9 heteroatoms. The van der Waals surface area contributed by atoms with E-state index in [1.54, 1.807) is 0 Å². The Balaban J connectivity index is 1.21. The topological polar surface area (TPSA) is 50.6 Å². The lowest BCUT2D eigenvalue weighted by molar-refractivity contribution is -0.00906. The van der Waals surface area contributed by atoms with Gasteiger partial charge in [0.1, 0.15) is 0 Å². The number of rotatable bonds is 4. The number of hydrogen-bond donors (Lipinski definition) is 0. The standard InChI is InChI=1S/C18H31B3N4O2/c19-18(20,21)13-27-16(26)24-9-4-17(12-24)10-15(11-17)23-7-2-14(3-8-23)25-6-1-5-22-25/h1,5-6,14-15H,2-4,7-13,19-21H2. The second kappa shape index (κ2) is 7.23. The zero-order valence-electron chi connectivity index (χ0n) is 17.1. The SMILES string of the molecule is BC(B)(B)COC(=O)N1CCC2(CC(N3CCC(n4cccn4)CC3)C2)C1. The van der Waals surface area contributed by atoms with E-state index in [1.807, 2.05) is 17.2 Å². The van der Waals surface area contributed by atoms with Gasteiger partial charge in [-0.3, -0.25) is 4.68 Å². The number of likely N-dealkylation sites (tertiary alicyclic amines) is 2. The molecule has 1 saturated carbocycles. The Labute approximate surface area is 165 Å². The minimum Gasteiger partial charge on any atom is -0.451 e. The van der Waals surface area contributed by atoms with Gasteiger partial charge in [-0.25, -0.2) is 4.79 Å². The van der Waals surface area contributed by atoms with Crippen LogP contribution in [0.15, 0.2) is 18.5 Å². The van der Waals surface area contributed by atoms with Gasteiger partial charge < -0.3 is 14.5 Å². The highest BCUT2D eigenvalue weighted by molar-refractivity contribution is 6.59. The first-order valence-electron chi connectivity index (χ1n) is 10.5. The van der Waals surface area contributed by atoms with E-state index in [4.69, 9.17) is 4.74 Å². The molecule has 3 fully saturated rings. The monoisotopic (exact) mass is 368 g/mol. The normalized spacial score (nSPS) is 29.8. The van der Waals surface area contributed by atoms with Crippen molar-refractivity contribution in [2.24, 2.45) is 5.41 Å². The van der Waals surface area contributed by atoms with E-state index in [0.29, 0.717) is 24.1 Å². The highest BCUT2D eigenvalue weighted by Crippen LogP contribution is 2.50. The largest absolute Gasteiger partial charge is 0.451 e. The van der Waals surface area contributed by atoms with Crippen LogP contribution in [0.25, 0.3) is 0 Å². The summed E-state index contributed by atoms with van der Waals surface area (Å²) < 4.78 is 7.63. The summed E-state index contributed by atoms with van der Waals surface area (Å²) in [5, 5.41) is 4.43. The Morgan fingerprint density at radius 2 is 1.93 bits per heavy atom. The summed E-state index contributed by atoms with van der Waals surface area (Å²) in [5.74, 6) is 0. The van der Waals surface area contributed by atoms with Gasteiger partial charge in [0.25, 0.3) is 0 Å². The van der Waals surface area contributed by atoms with Crippen molar-refractivity contribution in [2.75, 3.05) is 32.8 Å². The molecule has 27 heavy (non-hydrogen) atoms. The Kier molecular flexibility index (Phi) is 5.08. The lowest BCUT2D eigenvalue weighted by Crippen LogP contribution is -2.54. The number of carbonyl (C=O) groups excluding carboxylic acids is 1. The van der Waals surface area contributed by atoms with Gasteiger partial charge in [0, 0.05) is 44.6 Å². The highest BCUT2D eigenvalue weighted by Gasteiger charge is 2.51. The average Bonchev–Trinajstić information content (AvgIpc) is 3.28. The smallest absolute Gasteiger partial charge is 0.409 e. The molecule has 0 bridgehead atoms. The summed E-state index contributed by atoms with van der Waals surface area (Å²) in [6, 6.07) is 3.28. The summed E-state index contributed by atoms with van der Waals surface area (Å²) in [4.78, 5) is 16.9. The van der Waals surface area contributed by atoms with Crippen LogP contribution in [0.1, 0.15) is 38.1 Å². The number of ether oxygens (including phenoxy) is 1. The van der Waals surface area contributed by atoms with E-state index in [2.05, 4.69) is 44.4 Å². The minimum absolute atomic E-state index is 0.0247. The number of aromatic nitrogens is 2. The van der Waals surface area contributed by atoms with Gasteiger partial charge in [-0.1, -0.05) is 5.11 Å². The fraction of sp³-hybridized carbons (Fsp3) is 0.778. The van der Waals surface area contributed by atoms with Crippen molar-refractivity contribution in [3.63, 3.8) is 0 Å². The molecular formula is C18H31B3N4O2. The molecular weight excluding hydrogens is 337 g/mol. The van der Waals surface area contributed by atoms with Gasteiger partial charge >= 0.3 is 6.09 Å². The molecule has 2 saturated heterocycles. The summed E-state index contributed by atoms with van der Waals surface area (Å²) in [6.45, 7) is 4.57. The summed E-state index contributed by atoms with van der Waals surface area (Å²) >= 11 is 0. The van der Waals surface area contributed by atoms with Crippen LogP contribution in [0.2, 0.25) is 5.11 Å². The number of hydrogen-bond acceptors (Lipinski definition) is 4. The maximum absolute atomic E-state index is 12.3. The van der Waals surface area contributed by atoms with Crippen LogP contribution in [-0.4, -0.2) is 88.0 Å². The number of nitrogens with zero attached hydrogens (tertiary/aromatic N) is 4. The van der Waals surface area contributed by atoms with Crippen LogP contribution in [0.3, 0.4) is 0 Å². The molecule has 3 aliphatic rings. The molecule has 0 aromatic carbocycles. The Morgan fingerprint density at radius 3 is 2.56 bits per heavy atom. The van der Waals surface area contributed by atoms with E-state index in [-0.39, 0.29) is 11.2 Å². The predicted molar refractivity (Wildman–Crippen MR) is 113 cm³/mol. The van der Waals surface area contributed by atoms with Gasteiger partial charge in [-0.05, 0) is 43.6 Å². The van der Waals surface area contributed by atoms with E-state index < -0.39 is 0 Å². The van der Waals surface area contributed by atoms with Gasteiger partial charge in [0.2, 0.25) is 0 Å². The second-order valence-electron chi connectivity index (χ2n) is 10.1. The molecule has 1 aromatic heterocycles. The molecule has 2 aliphatic heterocycles. The second-order valence-corrected chi connectivity index (χ2v) is 10.1. The average molecular weight is 368 g/mol. The maximum atomic E-state index is 12.3. The van der Waals surface area contributed by atoms with Gasteiger partial charge in [0.15, 0.2) is 0 Å². The molecule has 0 unspecified atom stereocenters. The third-order valence-corrected chi connectivity index (χ3v) is 6.58. The summed E-state index contributed by atoms with van der Waals surface area (Å²) in [6.07, 6.45) is 9.84. The molecule has 1 aliphatic carbocycles. The van der Waals surface area contributed by atoms with Crippen LogP contribution in [0.5, 0.6) is 0 Å². The molecule has 1 aromatic rings. The Bertz CT molecular complexity index is 650. The predicted octanol–water partition coefficient (Wildman–Crippen LogP) is -0.516. The Morgan fingerprint density at radius 1 is 1.19 bits per heavy atom. The van der Waals surface area contributed by atoms with Crippen molar-refractivity contribution in [2.45, 2.75) is 49.3 Å². The zero-order valence-corrected chi connectivity index (χ0v) is 17.1. The van der Waals surface area contributed by atoms with Crippen molar-refractivity contribution in [3.05, 3.63) is 18.5 Å². The molecule has 3 heterocycles. The fourth-order valence-corrected chi connectivity index (χ4v) is 5.00. The first-order valence-corrected chi connectivity index (χ1v) is 10.5. The Hall–Kier alpha value is -1.37. The summed E-state index contributed by atoms with van der Waals surface area (Å²) in [7, 11) is 6.29. The number of amides is 1. The first-order chi connectivity index (χ1) is 12.8. The lowest BCUT2D eigenvalue weighted by atomic mass is 9.43. The van der Waals surface area contributed by atoms with Crippen LogP contribution >= 0.6 is 0 Å². The molecule has 0 atom stereocenters. The van der Waals surface area contributed by atoms with Crippen molar-refractivity contribution in [3.8, 4) is 0 Å². The molecule has 0 N–H and O–H groups in total. The van der Waals surface area contributed by atoms with Gasteiger partial charge in [-0.15, -0.1) is 0 Å². The maximum Gasteiger partial charge on any atom is 0.409 e. The third-order valence-electron chi connectivity index (χ3n) is 6.58. The lowest BCUT2D eigenvalue weighted by Gasteiger charge is -2.51. The minimum atomic E-state index is -0.120. The van der Waals surface area contributed by atoms with E-state index in [1.165, 1.54) is 38.8 Å². The van der Waals surface area contributed by atoms with E-state index in [0.717, 1.165) is 19.5 Å². The third kappa shape index (κ3) is 4.23. The number of carbonyl (C=O) groups is 1. The fourth-order valence-electron chi connectivity index (χ4n) is 5.00. The van der Waals surface area contributed by atoms with Crippen molar-refractivity contribution >= 4 is 29.6 Å². The molecule has 144 valence electrons. The van der Waals surface area contributed by atoms with Crippen LogP contribution < -0.4 is 0 Å². The van der Waals surface area contributed by atoms with Crippen molar-refractivity contribution in [1.82, 2.24) is 19.6 Å². The van der Waals surface area contributed by atoms with Gasteiger partial charge in [0.05, 0.1) is 36.2 Å². The highest BCUT2D eigenvalue weighted by atomic mass is 16.6. The summed E-state index contributed by atoms with van der Waals surface area (Å²) in [5.41, 5.74) is 0.351. The van der Waals surface area contributed by atoms with Crippen LogP contribution in [0, 0.1) is 5.41 Å². The quantitative estimate of drug-likeness (QED) is 0.672. The van der Waals surface area contributed by atoms with Crippen molar-refractivity contribution < 1.29 is 9.53 Å². The molecule has 4 rings (SSSR count). The first kappa shape index (κ1) is 19.0. The molecule has 0 radical (unpaired) electrons. The van der Waals surface area contributed by atoms with Crippen LogP contribution in [0.4, 0.5) is 4.79 Å². The van der Waals surface area contributed by atoms with Crippen molar-refractivity contribution in [1.29, 1.82) is 0 Å². The van der Waals surface area contributed by atoms with Gasteiger partial charge in [-0.2, -0.15) is 5.10 Å². The van der Waals surface area contributed by atoms with E-state index >= 15 is 0 Å². The van der Waals surface area contributed by atoms with E-state index in [9.17, 15) is 4.79 Å². The molecule has 1 spiro atoms. The van der Waals surface area contributed by atoms with Crippen LogP contribution in [-0.2, 0) is 4.74 Å². The molecule has 6 nitrogen and oxygen atoms in total. The number of piperidine rings is 1. The molecule has 1 amide bonds. The zero-order chi connectivity index (χ0) is 19.1.